The molecule has 1 rings (SSSR count). The molecule has 1 aromatic rings. The average Bonchev–Trinajstić information content (AvgIpc) is 2.06. The van der Waals surface area contributed by atoms with Gasteiger partial charge in [0.2, 0.25) is 0 Å². The maximum Gasteiger partial charge on any atom is 0.146 e. The molecular formula is C9H12N2O. The first-order valence-corrected chi connectivity index (χ1v) is 3.85. The summed E-state index contributed by atoms with van der Waals surface area (Å²) in [5.74, 6) is 0.0128. The second-order valence-corrected chi connectivity index (χ2v) is 2.78. The summed E-state index contributed by atoms with van der Waals surface area (Å²) in [6.45, 7) is 1.50. The van der Waals surface area contributed by atoms with Gasteiger partial charge in [0.05, 0.1) is 6.04 Å². The second kappa shape index (κ2) is 3.97. The molecule has 0 aromatic carbocycles. The molecule has 2 N–H and O–H groups in total. The number of pyridine rings is 1. The lowest BCUT2D eigenvalue weighted by molar-refractivity contribution is -0.118. The van der Waals surface area contributed by atoms with E-state index in [1.807, 2.05) is 12.1 Å². The molecule has 0 aliphatic carbocycles. The zero-order chi connectivity index (χ0) is 8.97. The number of nitrogens with zero attached hydrogens (tertiary/aromatic N) is 1. The largest absolute Gasteiger partial charge is 0.321 e. The molecule has 0 fully saturated rings. The van der Waals surface area contributed by atoms with E-state index in [4.69, 9.17) is 5.73 Å². The molecule has 1 atom stereocenters. The van der Waals surface area contributed by atoms with Gasteiger partial charge in [0.15, 0.2) is 0 Å². The molecule has 1 unspecified atom stereocenters. The number of rotatable bonds is 3. The Morgan fingerprint density at radius 2 is 2.50 bits per heavy atom. The van der Waals surface area contributed by atoms with Gasteiger partial charge >= 0.3 is 0 Å². The van der Waals surface area contributed by atoms with Crippen molar-refractivity contribution in [1.82, 2.24) is 4.98 Å². The van der Waals surface area contributed by atoms with Crippen LogP contribution in [0, 0.1) is 0 Å². The molecule has 0 saturated carbocycles. The molecule has 1 aromatic heterocycles. The fourth-order valence-corrected chi connectivity index (χ4v) is 0.917. The van der Waals surface area contributed by atoms with Gasteiger partial charge in [-0.15, -0.1) is 0 Å². The minimum Gasteiger partial charge on any atom is -0.321 e. The number of hydrogen-bond donors (Lipinski definition) is 1. The van der Waals surface area contributed by atoms with Crippen LogP contribution in [0.15, 0.2) is 24.5 Å². The van der Waals surface area contributed by atoms with Crippen LogP contribution >= 0.6 is 0 Å². The smallest absolute Gasteiger partial charge is 0.146 e. The number of carbonyl (C=O) groups excluding carboxylic acids is 1. The lowest BCUT2D eigenvalue weighted by atomic mass is 10.1. The van der Waals surface area contributed by atoms with Crippen molar-refractivity contribution in [3.8, 4) is 0 Å². The minimum atomic E-state index is -0.394. The first-order valence-electron chi connectivity index (χ1n) is 3.85. The number of carbonyl (C=O) groups is 1. The van der Waals surface area contributed by atoms with E-state index >= 15 is 0 Å². The summed E-state index contributed by atoms with van der Waals surface area (Å²) in [4.78, 5) is 14.7. The highest BCUT2D eigenvalue weighted by molar-refractivity contribution is 5.81. The van der Waals surface area contributed by atoms with Crippen molar-refractivity contribution in [2.75, 3.05) is 0 Å². The monoisotopic (exact) mass is 164 g/mol. The Kier molecular flexibility index (Phi) is 2.94. The van der Waals surface area contributed by atoms with E-state index in [2.05, 4.69) is 4.98 Å². The molecule has 0 aliphatic rings. The molecule has 0 saturated heterocycles. The molecule has 1 heterocycles. The van der Waals surface area contributed by atoms with Crippen LogP contribution < -0.4 is 5.73 Å². The third-order valence-electron chi connectivity index (χ3n) is 1.70. The highest BCUT2D eigenvalue weighted by Gasteiger charge is 2.07. The van der Waals surface area contributed by atoms with Gasteiger partial charge in [0.25, 0.3) is 0 Å². The van der Waals surface area contributed by atoms with E-state index in [1.54, 1.807) is 12.4 Å². The average molecular weight is 164 g/mol. The summed E-state index contributed by atoms with van der Waals surface area (Å²) < 4.78 is 0. The summed E-state index contributed by atoms with van der Waals surface area (Å²) in [6.07, 6.45) is 3.99. The summed E-state index contributed by atoms with van der Waals surface area (Å²) in [5, 5.41) is 0. The number of hydrogen-bond acceptors (Lipinski definition) is 3. The van der Waals surface area contributed by atoms with Gasteiger partial charge in [-0.25, -0.2) is 0 Å². The Morgan fingerprint density at radius 1 is 1.75 bits per heavy atom. The molecule has 3 heteroatoms. The molecular weight excluding hydrogens is 152 g/mol. The normalized spacial score (nSPS) is 12.5. The Balaban J connectivity index is 2.58. The molecule has 0 spiro atoms. The number of nitrogens with two attached hydrogens (primary N) is 1. The third-order valence-corrected chi connectivity index (χ3v) is 1.70. The Morgan fingerprint density at radius 3 is 3.00 bits per heavy atom. The van der Waals surface area contributed by atoms with Crippen molar-refractivity contribution in [2.45, 2.75) is 19.4 Å². The van der Waals surface area contributed by atoms with E-state index in [0.29, 0.717) is 6.42 Å². The zero-order valence-corrected chi connectivity index (χ0v) is 7.03. The van der Waals surface area contributed by atoms with Crippen molar-refractivity contribution in [3.05, 3.63) is 30.1 Å². The summed E-state index contributed by atoms with van der Waals surface area (Å²) in [5.41, 5.74) is 6.57. The molecule has 0 bridgehead atoms. The first-order chi connectivity index (χ1) is 5.70. The van der Waals surface area contributed by atoms with Crippen LogP contribution in [0.25, 0.3) is 0 Å². The standard InChI is InChI=1S/C9H12N2O/c1-7(12)9(10)5-8-3-2-4-11-6-8/h2-4,6,9H,5,10H2,1H3. The summed E-state index contributed by atoms with van der Waals surface area (Å²) >= 11 is 0. The predicted octanol–water partition coefficient (Wildman–Crippen LogP) is 0.540. The highest BCUT2D eigenvalue weighted by Crippen LogP contribution is 1.99. The quantitative estimate of drug-likeness (QED) is 0.709. The number of aromatic nitrogens is 1. The molecule has 0 amide bonds. The van der Waals surface area contributed by atoms with Crippen molar-refractivity contribution in [3.63, 3.8) is 0 Å². The van der Waals surface area contributed by atoms with Crippen molar-refractivity contribution in [1.29, 1.82) is 0 Å². The first kappa shape index (κ1) is 8.87. The molecule has 0 aliphatic heterocycles. The van der Waals surface area contributed by atoms with Crippen molar-refractivity contribution in [2.24, 2.45) is 5.73 Å². The van der Waals surface area contributed by atoms with Gasteiger partial charge in [0, 0.05) is 12.4 Å². The zero-order valence-electron chi connectivity index (χ0n) is 7.03. The maximum absolute atomic E-state index is 10.8. The van der Waals surface area contributed by atoms with E-state index in [1.165, 1.54) is 6.92 Å². The van der Waals surface area contributed by atoms with Gasteiger partial charge in [0.1, 0.15) is 5.78 Å². The van der Waals surface area contributed by atoms with Crippen LogP contribution in [0.1, 0.15) is 12.5 Å². The lowest BCUT2D eigenvalue weighted by Crippen LogP contribution is -2.30. The van der Waals surface area contributed by atoms with Gasteiger partial charge < -0.3 is 5.73 Å². The van der Waals surface area contributed by atoms with Crippen LogP contribution in [-0.2, 0) is 11.2 Å². The van der Waals surface area contributed by atoms with E-state index in [0.717, 1.165) is 5.56 Å². The highest BCUT2D eigenvalue weighted by atomic mass is 16.1. The summed E-state index contributed by atoms with van der Waals surface area (Å²) in [7, 11) is 0. The molecule has 3 nitrogen and oxygen atoms in total. The van der Waals surface area contributed by atoms with E-state index in [9.17, 15) is 4.79 Å². The second-order valence-electron chi connectivity index (χ2n) is 2.78. The molecule has 0 radical (unpaired) electrons. The predicted molar refractivity (Wildman–Crippen MR) is 46.6 cm³/mol. The SMILES string of the molecule is CC(=O)C(N)Cc1cccnc1. The van der Waals surface area contributed by atoms with Gasteiger partial charge in [-0.1, -0.05) is 6.07 Å². The van der Waals surface area contributed by atoms with Crippen LogP contribution in [0.3, 0.4) is 0 Å². The Labute approximate surface area is 71.6 Å². The number of ketones is 1. The van der Waals surface area contributed by atoms with E-state index in [-0.39, 0.29) is 5.78 Å². The minimum absolute atomic E-state index is 0.0128. The van der Waals surface area contributed by atoms with Crippen LogP contribution in [0.5, 0.6) is 0 Å². The summed E-state index contributed by atoms with van der Waals surface area (Å²) in [6, 6.07) is 3.35. The van der Waals surface area contributed by atoms with Crippen molar-refractivity contribution >= 4 is 5.78 Å². The van der Waals surface area contributed by atoms with Crippen LogP contribution in [-0.4, -0.2) is 16.8 Å². The number of Topliss-reactive ketones (excluding diaryl/α,β-unsaturated/α-hetero) is 1. The Bertz CT molecular complexity index is 258. The fraction of sp³-hybridized carbons (Fsp3) is 0.333. The van der Waals surface area contributed by atoms with Gasteiger partial charge in [-0.05, 0) is 25.0 Å². The van der Waals surface area contributed by atoms with Crippen LogP contribution in [0.4, 0.5) is 0 Å². The van der Waals surface area contributed by atoms with Crippen molar-refractivity contribution < 1.29 is 4.79 Å². The van der Waals surface area contributed by atoms with Gasteiger partial charge in [-0.3, -0.25) is 9.78 Å². The van der Waals surface area contributed by atoms with Gasteiger partial charge in [-0.2, -0.15) is 0 Å². The Hall–Kier alpha value is -1.22. The molecule has 12 heavy (non-hydrogen) atoms. The molecule has 64 valence electrons. The third kappa shape index (κ3) is 2.43. The van der Waals surface area contributed by atoms with E-state index < -0.39 is 6.04 Å². The maximum atomic E-state index is 10.8. The lowest BCUT2D eigenvalue weighted by Gasteiger charge is -2.05. The topological polar surface area (TPSA) is 56.0 Å². The van der Waals surface area contributed by atoms with Crippen LogP contribution in [0.2, 0.25) is 0 Å². The fourth-order valence-electron chi connectivity index (χ4n) is 0.917.